The van der Waals surface area contributed by atoms with Gasteiger partial charge in [-0.05, 0) is 31.0 Å². The molecule has 2 rings (SSSR count). The summed E-state index contributed by atoms with van der Waals surface area (Å²) in [6.07, 6.45) is 0.660. The minimum atomic E-state index is -0.261. The van der Waals surface area contributed by atoms with Crippen LogP contribution >= 0.6 is 24.0 Å². The first-order chi connectivity index (χ1) is 11.6. The summed E-state index contributed by atoms with van der Waals surface area (Å²) < 4.78 is 10.8. The maximum atomic E-state index is 12.4. The molecule has 0 unspecified atom stereocenters. The lowest BCUT2D eigenvalue weighted by molar-refractivity contribution is 0.0951. The summed E-state index contributed by atoms with van der Waals surface area (Å²) in [5, 5.41) is 3.19. The van der Waals surface area contributed by atoms with E-state index >= 15 is 0 Å². The maximum absolute atomic E-state index is 12.4. The van der Waals surface area contributed by atoms with Gasteiger partial charge in [0.05, 0.1) is 30.0 Å². The van der Waals surface area contributed by atoms with E-state index in [2.05, 4.69) is 5.32 Å². The molecule has 0 fully saturated rings. The number of rotatable bonds is 7. The van der Waals surface area contributed by atoms with Crippen LogP contribution in [0.5, 0.6) is 11.5 Å². The van der Waals surface area contributed by atoms with Crippen molar-refractivity contribution in [3.8, 4) is 11.5 Å². The number of methoxy groups -OCH3 is 1. The van der Waals surface area contributed by atoms with Crippen LogP contribution in [-0.2, 0) is 6.42 Å². The number of anilines is 1. The van der Waals surface area contributed by atoms with Gasteiger partial charge in [-0.1, -0.05) is 29.8 Å². The van der Waals surface area contributed by atoms with E-state index in [-0.39, 0.29) is 18.3 Å². The molecule has 0 aliphatic rings. The van der Waals surface area contributed by atoms with Gasteiger partial charge in [0.25, 0.3) is 5.91 Å². The van der Waals surface area contributed by atoms with Crippen molar-refractivity contribution in [2.45, 2.75) is 13.3 Å². The number of hydrogen-bond donors (Lipinski definition) is 2. The number of carbonyl (C=O) groups is 1. The van der Waals surface area contributed by atoms with Gasteiger partial charge in [-0.2, -0.15) is 0 Å². The molecule has 0 aliphatic carbocycles. The molecule has 0 atom stereocenters. The van der Waals surface area contributed by atoms with Crippen molar-refractivity contribution >= 4 is 35.6 Å². The predicted molar refractivity (Wildman–Crippen MR) is 103 cm³/mol. The normalized spacial score (nSPS) is 9.88. The fourth-order valence-electron chi connectivity index (χ4n) is 2.33. The van der Waals surface area contributed by atoms with Crippen molar-refractivity contribution in [1.29, 1.82) is 0 Å². The average Bonchev–Trinajstić information content (AvgIpc) is 2.58. The molecule has 0 saturated heterocycles. The van der Waals surface area contributed by atoms with Gasteiger partial charge in [-0.25, -0.2) is 0 Å². The molecule has 0 heterocycles. The molecule has 7 heteroatoms. The molecule has 25 heavy (non-hydrogen) atoms. The van der Waals surface area contributed by atoms with Gasteiger partial charge < -0.3 is 20.5 Å². The highest BCUT2D eigenvalue weighted by Gasteiger charge is 2.15. The van der Waals surface area contributed by atoms with Crippen molar-refractivity contribution in [2.24, 2.45) is 0 Å². The zero-order chi connectivity index (χ0) is 17.5. The minimum Gasteiger partial charge on any atom is -0.496 e. The molecule has 0 bridgehead atoms. The van der Waals surface area contributed by atoms with E-state index in [1.807, 2.05) is 31.2 Å². The third-order valence-electron chi connectivity index (χ3n) is 3.52. The van der Waals surface area contributed by atoms with E-state index in [1.165, 1.54) is 13.2 Å². The molecule has 0 spiro atoms. The second-order valence-electron chi connectivity index (χ2n) is 5.12. The Hall–Kier alpha value is -2.11. The molecule has 2 aromatic carbocycles. The number of halogens is 2. The summed E-state index contributed by atoms with van der Waals surface area (Å²) in [5.41, 5.74) is 7.50. The van der Waals surface area contributed by atoms with E-state index in [4.69, 9.17) is 26.8 Å². The molecule has 2 aromatic rings. The molecule has 3 N–H and O–H groups in total. The van der Waals surface area contributed by atoms with Crippen LogP contribution in [0.3, 0.4) is 0 Å². The quantitative estimate of drug-likeness (QED) is 0.713. The molecule has 1 amide bonds. The Morgan fingerprint density at radius 2 is 1.96 bits per heavy atom. The van der Waals surface area contributed by atoms with E-state index in [0.717, 1.165) is 11.3 Å². The molecular weight excluding hydrogens is 363 g/mol. The Morgan fingerprint density at radius 1 is 1.24 bits per heavy atom. The van der Waals surface area contributed by atoms with Crippen LogP contribution in [-0.4, -0.2) is 26.2 Å². The number of benzene rings is 2. The lowest BCUT2D eigenvalue weighted by atomic mass is 10.1. The zero-order valence-electron chi connectivity index (χ0n) is 14.2. The second-order valence-corrected chi connectivity index (χ2v) is 5.53. The summed E-state index contributed by atoms with van der Waals surface area (Å²) in [6, 6.07) is 10.8. The minimum absolute atomic E-state index is 0. The lowest BCUT2D eigenvalue weighted by Crippen LogP contribution is -2.26. The molecular formula is C18H22Cl2N2O3. The molecule has 5 nitrogen and oxygen atoms in total. The van der Waals surface area contributed by atoms with Crippen LogP contribution in [0, 0.1) is 0 Å². The molecule has 0 aliphatic heterocycles. The number of hydrogen-bond acceptors (Lipinski definition) is 4. The molecule has 0 aromatic heterocycles. The first-order valence-electron chi connectivity index (χ1n) is 7.68. The summed E-state index contributed by atoms with van der Waals surface area (Å²) in [5.74, 6) is 0.967. The average molecular weight is 385 g/mol. The summed E-state index contributed by atoms with van der Waals surface area (Å²) in [4.78, 5) is 12.4. The Morgan fingerprint density at radius 3 is 2.64 bits per heavy atom. The molecule has 0 saturated carbocycles. The SMILES string of the molecule is CCOc1ccccc1CCNC(=O)c1cc(Cl)c(N)cc1OC.Cl. The van der Waals surface area contributed by atoms with Crippen LogP contribution in [0.2, 0.25) is 5.02 Å². The smallest absolute Gasteiger partial charge is 0.255 e. The van der Waals surface area contributed by atoms with Gasteiger partial charge in [0.1, 0.15) is 11.5 Å². The highest BCUT2D eigenvalue weighted by atomic mass is 35.5. The fourth-order valence-corrected chi connectivity index (χ4v) is 2.49. The van der Waals surface area contributed by atoms with Crippen molar-refractivity contribution in [3.63, 3.8) is 0 Å². The third kappa shape index (κ3) is 5.44. The Balaban J connectivity index is 0.00000312. The van der Waals surface area contributed by atoms with Gasteiger partial charge in [0.15, 0.2) is 0 Å². The number of carbonyl (C=O) groups excluding carboxylic acids is 1. The van der Waals surface area contributed by atoms with Crippen molar-refractivity contribution in [2.75, 3.05) is 26.0 Å². The zero-order valence-corrected chi connectivity index (χ0v) is 15.7. The first kappa shape index (κ1) is 20.9. The fraction of sp³-hybridized carbons (Fsp3) is 0.278. The van der Waals surface area contributed by atoms with Gasteiger partial charge >= 0.3 is 0 Å². The standard InChI is InChI=1S/C18H21ClN2O3.ClH/c1-3-24-16-7-5-4-6-12(16)8-9-21-18(22)13-10-14(19)15(20)11-17(13)23-2;/h4-7,10-11H,3,8-9,20H2,1-2H3,(H,21,22);1H. The van der Waals surface area contributed by atoms with Crippen molar-refractivity contribution in [1.82, 2.24) is 5.32 Å². The number of ether oxygens (including phenoxy) is 2. The first-order valence-corrected chi connectivity index (χ1v) is 8.06. The van der Waals surface area contributed by atoms with Crippen LogP contribution in [0.1, 0.15) is 22.8 Å². The van der Waals surface area contributed by atoms with E-state index in [9.17, 15) is 4.79 Å². The monoisotopic (exact) mass is 384 g/mol. The van der Waals surface area contributed by atoms with E-state index < -0.39 is 0 Å². The predicted octanol–water partition coefficient (Wildman–Crippen LogP) is 3.72. The number of para-hydroxylation sites is 1. The lowest BCUT2D eigenvalue weighted by Gasteiger charge is -2.12. The maximum Gasteiger partial charge on any atom is 0.255 e. The topological polar surface area (TPSA) is 73.6 Å². The number of nitrogens with one attached hydrogen (secondary N) is 1. The third-order valence-corrected chi connectivity index (χ3v) is 3.84. The van der Waals surface area contributed by atoms with Gasteiger partial charge in [0.2, 0.25) is 0 Å². The van der Waals surface area contributed by atoms with E-state index in [1.54, 1.807) is 6.07 Å². The second kappa shape index (κ2) is 10.0. The molecule has 136 valence electrons. The number of nitrogen functional groups attached to an aromatic ring is 1. The van der Waals surface area contributed by atoms with Crippen LogP contribution in [0.25, 0.3) is 0 Å². The number of nitrogens with two attached hydrogens (primary N) is 1. The van der Waals surface area contributed by atoms with Gasteiger partial charge in [-0.15, -0.1) is 12.4 Å². The number of amides is 1. The van der Waals surface area contributed by atoms with Crippen LogP contribution in [0.15, 0.2) is 36.4 Å². The highest BCUT2D eigenvalue weighted by molar-refractivity contribution is 6.33. The Kier molecular flexibility index (Phi) is 8.38. The van der Waals surface area contributed by atoms with Crippen molar-refractivity contribution in [3.05, 3.63) is 52.5 Å². The Bertz CT molecular complexity index is 723. The molecule has 0 radical (unpaired) electrons. The highest BCUT2D eigenvalue weighted by Crippen LogP contribution is 2.28. The Labute approximate surface area is 158 Å². The van der Waals surface area contributed by atoms with Gasteiger partial charge in [0, 0.05) is 12.6 Å². The van der Waals surface area contributed by atoms with Crippen molar-refractivity contribution < 1.29 is 14.3 Å². The summed E-state index contributed by atoms with van der Waals surface area (Å²) in [7, 11) is 1.48. The summed E-state index contributed by atoms with van der Waals surface area (Å²) >= 11 is 6.00. The van der Waals surface area contributed by atoms with Gasteiger partial charge in [-0.3, -0.25) is 4.79 Å². The van der Waals surface area contributed by atoms with Crippen LogP contribution in [0.4, 0.5) is 5.69 Å². The van der Waals surface area contributed by atoms with Crippen LogP contribution < -0.4 is 20.5 Å². The summed E-state index contributed by atoms with van der Waals surface area (Å²) in [6.45, 7) is 3.01. The van der Waals surface area contributed by atoms with E-state index in [0.29, 0.717) is 41.6 Å². The largest absolute Gasteiger partial charge is 0.496 e.